The average molecular weight is 722 g/mol. The van der Waals surface area contributed by atoms with Crippen LogP contribution in [0.4, 0.5) is 0 Å². The molecule has 5 nitrogen and oxygen atoms in total. The number of carbonyl (C=O) groups excluding carboxylic acids is 2. The number of hydrogen-bond donors (Lipinski definition) is 2. The Morgan fingerprint density at radius 1 is 1.08 bits per heavy atom. The minimum atomic E-state index is -0.561. The van der Waals surface area contributed by atoms with Crippen LogP contribution in [-0.2, 0) is 9.59 Å². The first-order valence-electron chi connectivity index (χ1n) is 8.91. The van der Waals surface area contributed by atoms with Crippen molar-refractivity contribution in [3.63, 3.8) is 0 Å². The van der Waals surface area contributed by atoms with Gasteiger partial charge in [-0.15, -0.1) is 0 Å². The van der Waals surface area contributed by atoms with Crippen LogP contribution in [0, 0.1) is 16.4 Å². The summed E-state index contributed by atoms with van der Waals surface area (Å²) in [5, 5.41) is 5.87. The van der Waals surface area contributed by atoms with Gasteiger partial charge in [0.25, 0.3) is 0 Å². The first-order chi connectivity index (χ1) is 11.9. The molecule has 0 atom stereocenters. The van der Waals surface area contributed by atoms with Gasteiger partial charge in [-0.25, -0.2) is 0 Å². The molecule has 0 aromatic heterocycles. The van der Waals surface area contributed by atoms with Crippen LogP contribution < -0.4 is 32.1 Å². The van der Waals surface area contributed by atoms with Gasteiger partial charge in [0, 0.05) is 0 Å². The fraction of sp³-hybridized carbons (Fsp3) is 0.579. The van der Waals surface area contributed by atoms with Crippen molar-refractivity contribution < 1.29 is 31.1 Å². The summed E-state index contributed by atoms with van der Waals surface area (Å²) in [5.41, 5.74) is 1.22. The standard InChI is InChI=1S/C19H31IN3O2.Lr/c1-5-11-21-18(24)13-23(14-19(25)22-12-10-15(2)3)20-17-9-7-6-8-16(17)4;/h6-9,15H,5,10-14H2,1-4H3,(H,21,24)(H,22,25);/q-1;. The molecule has 2 amide bonds. The molecular formula is C19H31ILrN3O2-. The van der Waals surface area contributed by atoms with E-state index in [0.29, 0.717) is 19.0 Å². The summed E-state index contributed by atoms with van der Waals surface area (Å²) >= 11 is -0.561. The first-order valence-corrected chi connectivity index (χ1v) is 11.0. The fourth-order valence-electron chi connectivity index (χ4n) is 2.08. The quantitative estimate of drug-likeness (QED) is 0.232. The molecule has 2 N–H and O–H groups in total. The van der Waals surface area contributed by atoms with E-state index >= 15 is 0 Å². The van der Waals surface area contributed by atoms with E-state index in [4.69, 9.17) is 0 Å². The Labute approximate surface area is 162 Å². The smallest absolute Gasteiger partial charge is 0 e. The van der Waals surface area contributed by atoms with E-state index in [0.717, 1.165) is 12.8 Å². The summed E-state index contributed by atoms with van der Waals surface area (Å²) in [4.78, 5) is 24.3. The van der Waals surface area contributed by atoms with Gasteiger partial charge in [-0.05, 0) is 0 Å². The summed E-state index contributed by atoms with van der Waals surface area (Å²) in [6.07, 6.45) is 1.88. The Morgan fingerprint density at radius 3 is 2.19 bits per heavy atom. The van der Waals surface area contributed by atoms with Gasteiger partial charge in [0.1, 0.15) is 0 Å². The van der Waals surface area contributed by atoms with Crippen LogP contribution in [0.15, 0.2) is 24.3 Å². The monoisotopic (exact) mass is 722 g/mol. The van der Waals surface area contributed by atoms with Crippen molar-refractivity contribution in [1.82, 2.24) is 13.7 Å². The minimum absolute atomic E-state index is 0. The zero-order chi connectivity index (χ0) is 18.7. The number of carbonyl (C=O) groups is 2. The largest absolute Gasteiger partial charge is 0 e. The number of benzene rings is 1. The van der Waals surface area contributed by atoms with Crippen molar-refractivity contribution >= 4 is 11.8 Å². The van der Waals surface area contributed by atoms with Crippen molar-refractivity contribution in [1.29, 1.82) is 0 Å². The van der Waals surface area contributed by atoms with Crippen LogP contribution in [0.2, 0.25) is 0 Å². The molecule has 0 aliphatic carbocycles. The first kappa shape index (κ1) is 23.9. The second-order valence-electron chi connectivity index (χ2n) is 6.50. The van der Waals surface area contributed by atoms with E-state index in [1.165, 1.54) is 9.13 Å². The molecule has 0 heterocycles. The zero-order valence-corrected chi connectivity index (χ0v) is 20.3. The molecule has 0 aliphatic rings. The maximum Gasteiger partial charge on any atom is 0 e. The molecule has 0 unspecified atom stereocenters. The Bertz CT molecular complexity index is 555. The molecule has 0 spiro atoms. The average Bonchev–Trinajstić information content (AvgIpc) is 2.54. The van der Waals surface area contributed by atoms with Gasteiger partial charge < -0.3 is 0 Å². The molecule has 1 aromatic carbocycles. The van der Waals surface area contributed by atoms with Gasteiger partial charge in [0.05, 0.1) is 0 Å². The van der Waals surface area contributed by atoms with E-state index < -0.39 is 21.5 Å². The van der Waals surface area contributed by atoms with Crippen LogP contribution >= 0.6 is 0 Å². The Morgan fingerprint density at radius 2 is 1.65 bits per heavy atom. The number of nitrogens with one attached hydrogen (secondary N) is 2. The Kier molecular flexibility index (Phi) is 12.0. The summed E-state index contributed by atoms with van der Waals surface area (Å²) in [7, 11) is 0. The summed E-state index contributed by atoms with van der Waals surface area (Å²) < 4.78 is 3.26. The summed E-state index contributed by atoms with van der Waals surface area (Å²) in [6, 6.07) is 8.20. The van der Waals surface area contributed by atoms with Gasteiger partial charge in [-0.2, -0.15) is 0 Å². The van der Waals surface area contributed by atoms with E-state index in [2.05, 4.69) is 43.5 Å². The Balaban J connectivity index is 0.00000625. The molecule has 0 bridgehead atoms. The number of nitrogens with zero attached hydrogens (tertiary/aromatic N) is 1. The summed E-state index contributed by atoms with van der Waals surface area (Å²) in [6.45, 7) is 10.3. The van der Waals surface area contributed by atoms with Crippen molar-refractivity contribution in [3.05, 3.63) is 33.4 Å². The molecule has 0 saturated heterocycles. The van der Waals surface area contributed by atoms with E-state index in [9.17, 15) is 9.59 Å². The van der Waals surface area contributed by atoms with Crippen LogP contribution in [0.1, 0.15) is 39.2 Å². The number of rotatable bonds is 11. The summed E-state index contributed by atoms with van der Waals surface area (Å²) in [5.74, 6) is 0.554. The predicted molar refractivity (Wildman–Crippen MR) is 97.2 cm³/mol. The molecule has 157 valence electrons. The predicted octanol–water partition coefficient (Wildman–Crippen LogP) is -0.841. The molecule has 7 heteroatoms. The molecule has 1 rings (SSSR count). The third-order valence-corrected chi connectivity index (χ3v) is 6.63. The van der Waals surface area contributed by atoms with E-state index in [-0.39, 0.29) is 24.9 Å². The molecular weight excluding hydrogens is 691 g/mol. The van der Waals surface area contributed by atoms with Crippen LogP contribution in [-0.4, -0.2) is 41.1 Å². The fourth-order valence-corrected chi connectivity index (χ4v) is 4.70. The van der Waals surface area contributed by atoms with Gasteiger partial charge in [-0.3, -0.25) is 0 Å². The zero-order valence-electron chi connectivity index (χ0n) is 16.0. The van der Waals surface area contributed by atoms with Crippen molar-refractivity contribution in [2.24, 2.45) is 5.92 Å². The van der Waals surface area contributed by atoms with Crippen molar-refractivity contribution in [2.45, 2.75) is 40.5 Å². The van der Waals surface area contributed by atoms with Crippen LogP contribution in [0.3, 0.4) is 0 Å². The topological polar surface area (TPSA) is 61.4 Å². The molecule has 0 aliphatic heterocycles. The van der Waals surface area contributed by atoms with Crippen LogP contribution in [0.5, 0.6) is 0 Å². The van der Waals surface area contributed by atoms with Crippen molar-refractivity contribution in [2.75, 3.05) is 26.2 Å². The van der Waals surface area contributed by atoms with Gasteiger partial charge >= 0.3 is 163 Å². The second-order valence-corrected chi connectivity index (χ2v) is 9.50. The number of amides is 2. The Hall–Kier alpha value is -2.15. The van der Waals surface area contributed by atoms with Crippen LogP contribution in [0.25, 0.3) is 0 Å². The van der Waals surface area contributed by atoms with Gasteiger partial charge in [-0.1, -0.05) is 0 Å². The normalized spacial score (nSPS) is 10.7. The molecule has 1 radical (unpaired) electrons. The van der Waals surface area contributed by atoms with Gasteiger partial charge in [0.2, 0.25) is 0 Å². The van der Waals surface area contributed by atoms with Crippen molar-refractivity contribution in [3.8, 4) is 0 Å². The molecule has 0 fully saturated rings. The number of hydrogen-bond acceptors (Lipinski definition) is 3. The maximum absolute atomic E-state index is 12.2. The minimum Gasteiger partial charge on any atom is 0 e. The number of aryl methyl sites for hydroxylation is 1. The third kappa shape index (κ3) is 9.98. The molecule has 0 saturated carbocycles. The third-order valence-electron chi connectivity index (χ3n) is 3.53. The van der Waals surface area contributed by atoms with Gasteiger partial charge in [0.15, 0.2) is 0 Å². The number of halogens is 1. The molecule has 1 aromatic rings. The maximum atomic E-state index is 12.2. The van der Waals surface area contributed by atoms with E-state index in [1.807, 2.05) is 22.2 Å². The molecule has 26 heavy (non-hydrogen) atoms. The second kappa shape index (κ2) is 13.1. The SMILES string of the molecule is CCCNC(=O)CN(CC(=O)NCCC(C)C)[I-]c1ccccc1C.[Lr]. The van der Waals surface area contributed by atoms with E-state index in [1.54, 1.807) is 0 Å².